The highest BCUT2D eigenvalue weighted by Crippen LogP contribution is 2.20. The number of nitriles is 1. The quantitative estimate of drug-likeness (QED) is 0.688. The van der Waals surface area contributed by atoms with Gasteiger partial charge in [0.2, 0.25) is 5.13 Å². The fraction of sp³-hybridized carbons (Fsp3) is 0.294. The van der Waals surface area contributed by atoms with E-state index >= 15 is 0 Å². The van der Waals surface area contributed by atoms with E-state index in [0.29, 0.717) is 5.13 Å². The molecule has 1 heterocycles. The fourth-order valence-corrected chi connectivity index (χ4v) is 2.73. The minimum absolute atomic E-state index is 0.0459. The van der Waals surface area contributed by atoms with Crippen LogP contribution in [0.15, 0.2) is 17.7 Å². The number of nitrogens with zero attached hydrogens (tertiary/aromatic N) is 3. The Labute approximate surface area is 139 Å². The maximum absolute atomic E-state index is 12.2. The first-order chi connectivity index (χ1) is 10.9. The molecule has 0 radical (unpaired) electrons. The number of hydrogen-bond donors (Lipinski definition) is 1. The fourth-order valence-electron chi connectivity index (χ4n) is 2.05. The van der Waals surface area contributed by atoms with Crippen molar-refractivity contribution in [2.45, 2.75) is 34.1 Å². The third kappa shape index (κ3) is 4.02. The van der Waals surface area contributed by atoms with Gasteiger partial charge in [-0.2, -0.15) is 5.26 Å². The number of aromatic nitrogens is 2. The third-order valence-electron chi connectivity index (χ3n) is 3.54. The molecule has 0 unspecified atom stereocenters. The van der Waals surface area contributed by atoms with Crippen molar-refractivity contribution in [1.82, 2.24) is 10.2 Å². The molecule has 1 aromatic heterocycles. The van der Waals surface area contributed by atoms with Gasteiger partial charge in [-0.25, -0.2) is 0 Å². The Hall–Kier alpha value is -2.52. The zero-order chi connectivity index (χ0) is 17.0. The van der Waals surface area contributed by atoms with E-state index in [0.717, 1.165) is 28.1 Å². The number of nitrogens with one attached hydrogen (secondary N) is 1. The highest BCUT2D eigenvalue weighted by molar-refractivity contribution is 7.15. The van der Waals surface area contributed by atoms with E-state index in [1.165, 1.54) is 16.9 Å². The molecule has 118 valence electrons. The van der Waals surface area contributed by atoms with E-state index in [9.17, 15) is 10.1 Å². The summed E-state index contributed by atoms with van der Waals surface area (Å²) in [6, 6.07) is 5.99. The zero-order valence-corrected chi connectivity index (χ0v) is 14.4. The molecule has 0 aliphatic carbocycles. The Morgan fingerprint density at radius 3 is 2.57 bits per heavy atom. The normalized spacial score (nSPS) is 11.2. The second-order valence-electron chi connectivity index (χ2n) is 5.27. The Morgan fingerprint density at radius 2 is 1.96 bits per heavy atom. The molecular weight excluding hydrogens is 308 g/mol. The Bertz CT molecular complexity index is 814. The van der Waals surface area contributed by atoms with E-state index in [1.54, 1.807) is 6.08 Å². The Morgan fingerprint density at radius 1 is 1.26 bits per heavy atom. The van der Waals surface area contributed by atoms with Crippen LogP contribution in [0.4, 0.5) is 5.13 Å². The predicted molar refractivity (Wildman–Crippen MR) is 92.2 cm³/mol. The number of carbonyl (C=O) groups excluding carboxylic acids is 1. The summed E-state index contributed by atoms with van der Waals surface area (Å²) in [4.78, 5) is 12.2. The number of benzene rings is 1. The molecule has 23 heavy (non-hydrogen) atoms. The summed E-state index contributed by atoms with van der Waals surface area (Å²) in [7, 11) is 0. The van der Waals surface area contributed by atoms with Crippen LogP contribution in [0.5, 0.6) is 0 Å². The van der Waals surface area contributed by atoms with Crippen LogP contribution in [0.3, 0.4) is 0 Å². The zero-order valence-electron chi connectivity index (χ0n) is 13.6. The molecule has 1 N–H and O–H groups in total. The predicted octanol–water partition coefficient (Wildman–Crippen LogP) is 3.57. The van der Waals surface area contributed by atoms with Gasteiger partial charge in [-0.05, 0) is 55.5 Å². The summed E-state index contributed by atoms with van der Waals surface area (Å²) >= 11 is 1.31. The molecule has 0 spiro atoms. The number of hydrogen-bond acceptors (Lipinski definition) is 5. The van der Waals surface area contributed by atoms with Crippen molar-refractivity contribution in [2.24, 2.45) is 0 Å². The van der Waals surface area contributed by atoms with Crippen molar-refractivity contribution in [3.8, 4) is 6.07 Å². The lowest BCUT2D eigenvalue weighted by Crippen LogP contribution is -2.13. The van der Waals surface area contributed by atoms with Crippen molar-refractivity contribution >= 4 is 28.5 Å². The van der Waals surface area contributed by atoms with Gasteiger partial charge in [0.1, 0.15) is 16.6 Å². The molecule has 0 bridgehead atoms. The SMILES string of the molecule is CCc1nnc(NC(=O)C(C#N)=Cc2cc(C)c(C)cc2C)s1. The molecule has 0 fully saturated rings. The molecular formula is C17H18N4OS. The van der Waals surface area contributed by atoms with Gasteiger partial charge in [-0.1, -0.05) is 30.4 Å². The second kappa shape index (κ2) is 7.16. The van der Waals surface area contributed by atoms with Crippen LogP contribution in [0.2, 0.25) is 0 Å². The van der Waals surface area contributed by atoms with Gasteiger partial charge in [0.25, 0.3) is 5.91 Å². The van der Waals surface area contributed by atoms with E-state index in [1.807, 2.05) is 45.9 Å². The highest BCUT2D eigenvalue weighted by atomic mass is 32.1. The molecule has 0 saturated carbocycles. The van der Waals surface area contributed by atoms with Crippen LogP contribution in [0, 0.1) is 32.1 Å². The van der Waals surface area contributed by atoms with Crippen LogP contribution in [0.1, 0.15) is 34.2 Å². The van der Waals surface area contributed by atoms with Gasteiger partial charge >= 0.3 is 0 Å². The molecule has 0 saturated heterocycles. The van der Waals surface area contributed by atoms with Gasteiger partial charge < -0.3 is 0 Å². The summed E-state index contributed by atoms with van der Waals surface area (Å²) < 4.78 is 0. The molecule has 2 rings (SSSR count). The first kappa shape index (κ1) is 16.8. The molecule has 5 nitrogen and oxygen atoms in total. The van der Waals surface area contributed by atoms with Crippen LogP contribution in [-0.2, 0) is 11.2 Å². The molecule has 0 aliphatic heterocycles. The third-order valence-corrected chi connectivity index (χ3v) is 4.52. The van der Waals surface area contributed by atoms with Crippen molar-refractivity contribution < 1.29 is 4.79 Å². The summed E-state index contributed by atoms with van der Waals surface area (Å²) in [5, 5.41) is 21.0. The lowest BCUT2D eigenvalue weighted by molar-refractivity contribution is -0.112. The molecule has 0 aliphatic rings. The minimum atomic E-state index is -0.469. The lowest BCUT2D eigenvalue weighted by Gasteiger charge is -2.07. The smallest absolute Gasteiger partial charge is 0.268 e. The average Bonchev–Trinajstić information content (AvgIpc) is 2.97. The van der Waals surface area contributed by atoms with Crippen LogP contribution in [-0.4, -0.2) is 16.1 Å². The number of amides is 1. The first-order valence-corrected chi connectivity index (χ1v) is 8.09. The van der Waals surface area contributed by atoms with Gasteiger partial charge in [0.15, 0.2) is 0 Å². The van der Waals surface area contributed by atoms with Crippen molar-refractivity contribution in [3.05, 3.63) is 45.0 Å². The molecule has 2 aromatic rings. The minimum Gasteiger partial charge on any atom is -0.296 e. The lowest BCUT2D eigenvalue weighted by atomic mass is 9.99. The molecule has 1 amide bonds. The van der Waals surface area contributed by atoms with E-state index in [2.05, 4.69) is 15.5 Å². The highest BCUT2D eigenvalue weighted by Gasteiger charge is 2.13. The number of rotatable bonds is 4. The largest absolute Gasteiger partial charge is 0.296 e. The van der Waals surface area contributed by atoms with Crippen LogP contribution < -0.4 is 5.32 Å². The number of carbonyl (C=O) groups is 1. The Balaban J connectivity index is 2.26. The molecule has 1 aromatic carbocycles. The first-order valence-electron chi connectivity index (χ1n) is 7.28. The number of aryl methyl sites for hydroxylation is 4. The van der Waals surface area contributed by atoms with Crippen LogP contribution in [0.25, 0.3) is 6.08 Å². The summed E-state index contributed by atoms with van der Waals surface area (Å²) in [5.41, 5.74) is 4.24. The van der Waals surface area contributed by atoms with Gasteiger partial charge in [-0.15, -0.1) is 10.2 Å². The van der Waals surface area contributed by atoms with Crippen LogP contribution >= 0.6 is 11.3 Å². The Kier molecular flexibility index (Phi) is 5.24. The van der Waals surface area contributed by atoms with E-state index in [-0.39, 0.29) is 5.57 Å². The standard InChI is InChI=1S/C17H18N4OS/c1-5-15-20-21-17(23-15)19-16(22)14(9-18)8-13-7-11(3)10(2)6-12(13)4/h6-8H,5H2,1-4H3,(H,19,21,22). The van der Waals surface area contributed by atoms with Crippen molar-refractivity contribution in [1.29, 1.82) is 5.26 Å². The van der Waals surface area contributed by atoms with Gasteiger partial charge in [-0.3, -0.25) is 10.1 Å². The summed E-state index contributed by atoms with van der Waals surface area (Å²) in [6.07, 6.45) is 2.37. The monoisotopic (exact) mass is 326 g/mol. The second-order valence-corrected chi connectivity index (χ2v) is 6.33. The number of anilines is 1. The summed E-state index contributed by atoms with van der Waals surface area (Å²) in [6.45, 7) is 7.97. The maximum atomic E-state index is 12.2. The molecule has 0 atom stereocenters. The van der Waals surface area contributed by atoms with Crippen molar-refractivity contribution in [3.63, 3.8) is 0 Å². The average molecular weight is 326 g/mol. The maximum Gasteiger partial charge on any atom is 0.268 e. The molecule has 6 heteroatoms. The van der Waals surface area contributed by atoms with Gasteiger partial charge in [0.05, 0.1) is 0 Å². The van der Waals surface area contributed by atoms with Gasteiger partial charge in [0, 0.05) is 0 Å². The topological polar surface area (TPSA) is 78.7 Å². The van der Waals surface area contributed by atoms with E-state index in [4.69, 9.17) is 0 Å². The van der Waals surface area contributed by atoms with Crippen molar-refractivity contribution in [2.75, 3.05) is 5.32 Å². The summed E-state index contributed by atoms with van der Waals surface area (Å²) in [5.74, 6) is -0.469. The van der Waals surface area contributed by atoms with E-state index < -0.39 is 5.91 Å².